The molecule has 0 fully saturated rings. The number of hydrogen-bond donors (Lipinski definition) is 0. The van der Waals surface area contributed by atoms with Crippen molar-refractivity contribution in [3.63, 3.8) is 0 Å². The highest BCUT2D eigenvalue weighted by atomic mass is 127. The molecule has 146 valence electrons. The molecule has 2 nitrogen and oxygen atoms in total. The van der Waals surface area contributed by atoms with Crippen LogP contribution in [0.1, 0.15) is 5.56 Å². The van der Waals surface area contributed by atoms with Crippen molar-refractivity contribution in [3.05, 3.63) is 99.5 Å². The zero-order chi connectivity index (χ0) is 20.2. The molecule has 0 saturated heterocycles. The molecule has 0 aromatic heterocycles. The van der Waals surface area contributed by atoms with Crippen molar-refractivity contribution in [1.82, 2.24) is 0 Å². The van der Waals surface area contributed by atoms with Crippen LogP contribution in [-0.4, -0.2) is 12.4 Å². The van der Waals surface area contributed by atoms with Gasteiger partial charge < -0.3 is 0 Å². The molecule has 1 aliphatic heterocycles. The van der Waals surface area contributed by atoms with Crippen LogP contribution in [0.5, 0.6) is 0 Å². The van der Waals surface area contributed by atoms with E-state index in [1.165, 1.54) is 0 Å². The summed E-state index contributed by atoms with van der Waals surface area (Å²) in [4.78, 5) is 3.24. The van der Waals surface area contributed by atoms with Crippen LogP contribution < -0.4 is 0 Å². The molecule has 0 aliphatic carbocycles. The average molecular weight is 530 g/mol. The number of benzene rings is 3. The maximum absolute atomic E-state index is 12.7. The fraction of sp³-hybridized carbons (Fsp3) is 0.0417. The summed E-state index contributed by atoms with van der Waals surface area (Å²) in [6.07, 6.45) is 3.95. The predicted molar refractivity (Wildman–Crippen MR) is 131 cm³/mol. The van der Waals surface area contributed by atoms with E-state index >= 15 is 0 Å². The van der Waals surface area contributed by atoms with Crippen molar-refractivity contribution >= 4 is 46.3 Å². The number of hydrogen-bond acceptors (Lipinski definition) is 2. The number of halogens is 1. The molecular formula is C24H19IO2S2. The van der Waals surface area contributed by atoms with Gasteiger partial charge in [0.25, 0.3) is 0 Å². The van der Waals surface area contributed by atoms with E-state index in [0.29, 0.717) is 0 Å². The average Bonchev–Trinajstić information content (AvgIpc) is 2.79. The van der Waals surface area contributed by atoms with Crippen LogP contribution in [0.2, 0.25) is 0 Å². The predicted octanol–water partition coefficient (Wildman–Crippen LogP) is 6.12. The van der Waals surface area contributed by atoms with Gasteiger partial charge in [-0.15, -0.1) is 0 Å². The third-order valence-corrected chi connectivity index (χ3v) is 8.87. The van der Waals surface area contributed by atoms with E-state index in [9.17, 15) is 8.42 Å². The molecular weight excluding hydrogens is 511 g/mol. The molecule has 1 aliphatic rings. The molecule has 0 N–H and O–H groups in total. The third kappa shape index (κ3) is 4.79. The Morgan fingerprint density at radius 2 is 1.14 bits per heavy atom. The Kier molecular flexibility index (Phi) is 6.47. The first-order valence-electron chi connectivity index (χ1n) is 9.04. The maximum atomic E-state index is 12.7. The normalized spacial score (nSPS) is 15.3. The van der Waals surface area contributed by atoms with Crippen molar-refractivity contribution in [2.24, 2.45) is 0 Å². The maximum Gasteiger partial charge on any atom is 0.0849 e. The molecule has 2 unspecified atom stereocenters. The molecule has 4 rings (SSSR count). The van der Waals surface area contributed by atoms with Crippen LogP contribution in [0.15, 0.2) is 109 Å². The van der Waals surface area contributed by atoms with E-state index < -0.39 is 21.6 Å². The van der Waals surface area contributed by atoms with Gasteiger partial charge >= 0.3 is 0 Å². The molecule has 0 radical (unpaired) electrons. The summed E-state index contributed by atoms with van der Waals surface area (Å²) in [5.74, 6) is 0. The van der Waals surface area contributed by atoms with Crippen molar-refractivity contribution < 1.29 is 8.42 Å². The molecule has 5 heteroatoms. The molecule has 0 amide bonds. The van der Waals surface area contributed by atoms with E-state index in [4.69, 9.17) is 0 Å². The monoisotopic (exact) mass is 530 g/mol. The van der Waals surface area contributed by atoms with Gasteiger partial charge in [0.2, 0.25) is 0 Å². The lowest BCUT2D eigenvalue weighted by molar-refractivity contribution is 0.683. The Bertz CT molecular complexity index is 1160. The Labute approximate surface area is 186 Å². The molecule has 0 saturated carbocycles. The first-order valence-corrected chi connectivity index (χ1v) is 13.8. The van der Waals surface area contributed by atoms with Gasteiger partial charge in [0.1, 0.15) is 0 Å². The van der Waals surface area contributed by atoms with E-state index in [-0.39, 0.29) is 20.7 Å². The Balaban J connectivity index is 1.52. The van der Waals surface area contributed by atoms with Crippen LogP contribution >= 0.6 is 20.7 Å². The summed E-state index contributed by atoms with van der Waals surface area (Å²) < 4.78 is 29.7. The van der Waals surface area contributed by atoms with Crippen LogP contribution in [0.25, 0.3) is 11.1 Å². The molecule has 3 aromatic carbocycles. The van der Waals surface area contributed by atoms with Gasteiger partial charge in [-0.3, -0.25) is 0 Å². The lowest BCUT2D eigenvalue weighted by atomic mass is 10.1. The van der Waals surface area contributed by atoms with Gasteiger partial charge in [-0.2, -0.15) is 0 Å². The second-order valence-electron chi connectivity index (χ2n) is 6.51. The molecule has 1 heterocycles. The molecule has 3 aromatic rings. The second-order valence-corrected chi connectivity index (χ2v) is 11.6. The summed E-state index contributed by atoms with van der Waals surface area (Å²) in [6, 6.07) is 23.4. The summed E-state index contributed by atoms with van der Waals surface area (Å²) in [7, 11) is -2.33. The third-order valence-electron chi connectivity index (χ3n) is 4.52. The van der Waals surface area contributed by atoms with Crippen LogP contribution in [0.3, 0.4) is 0 Å². The van der Waals surface area contributed by atoms with E-state index in [1.807, 2.05) is 91.9 Å². The van der Waals surface area contributed by atoms with E-state index in [1.54, 1.807) is 0 Å². The highest BCUT2D eigenvalue weighted by Gasteiger charge is 2.10. The fourth-order valence-corrected chi connectivity index (χ4v) is 6.89. The van der Waals surface area contributed by atoms with Gasteiger partial charge in [0, 0.05) is 19.6 Å². The fourth-order valence-electron chi connectivity index (χ4n) is 2.89. The van der Waals surface area contributed by atoms with E-state index in [0.717, 1.165) is 36.3 Å². The smallest absolute Gasteiger partial charge is 0.0849 e. The number of rotatable bonds is 5. The SMILES string of the molecule is Cc1ccc(S(=O)c2ccc(-c3ccc(S(=O)C4=CC=IC=C4)cc3)cc2)cc1. The standard InChI is InChI=1S/C24H19IO2S2/c1-18-2-8-21(9-3-18)28(26)22-10-4-19(5-11-22)20-6-12-23(13-7-20)29(27)24-14-16-25-17-15-24/h2-17H,1H3. The van der Waals surface area contributed by atoms with Gasteiger partial charge in [-0.05, 0) is 74.7 Å². The topological polar surface area (TPSA) is 34.1 Å². The van der Waals surface area contributed by atoms with Crippen molar-refractivity contribution in [2.45, 2.75) is 21.6 Å². The van der Waals surface area contributed by atoms with Crippen LogP contribution in [0.4, 0.5) is 0 Å². The van der Waals surface area contributed by atoms with Gasteiger partial charge in [-0.1, -0.05) is 62.7 Å². The second kappa shape index (κ2) is 9.24. The highest BCUT2D eigenvalue weighted by molar-refractivity contribution is 14.2. The summed E-state index contributed by atoms with van der Waals surface area (Å²) in [5, 5.41) is 0. The molecule has 29 heavy (non-hydrogen) atoms. The largest absolute Gasteiger partial charge is 0.249 e. The molecule has 0 spiro atoms. The zero-order valence-electron chi connectivity index (χ0n) is 15.7. The number of allylic oxidation sites excluding steroid dienone is 2. The summed E-state index contributed by atoms with van der Waals surface area (Å²) in [6.45, 7) is 2.02. The van der Waals surface area contributed by atoms with E-state index in [2.05, 4.69) is 8.09 Å². The van der Waals surface area contributed by atoms with Gasteiger partial charge in [0.15, 0.2) is 0 Å². The minimum Gasteiger partial charge on any atom is -0.249 e. The van der Waals surface area contributed by atoms with Crippen molar-refractivity contribution in [2.75, 3.05) is 0 Å². The van der Waals surface area contributed by atoms with Crippen LogP contribution in [-0.2, 0) is 21.6 Å². The number of aryl methyl sites for hydroxylation is 1. The minimum atomic E-state index is -1.19. The van der Waals surface area contributed by atoms with Gasteiger partial charge in [0.05, 0.1) is 21.6 Å². The minimum absolute atomic E-state index is 0.00688. The van der Waals surface area contributed by atoms with Crippen molar-refractivity contribution in [3.8, 4) is 11.1 Å². The Morgan fingerprint density at radius 3 is 1.62 bits per heavy atom. The van der Waals surface area contributed by atoms with Crippen molar-refractivity contribution in [1.29, 1.82) is 0 Å². The lowest BCUT2D eigenvalue weighted by Crippen LogP contribution is -1.95. The Morgan fingerprint density at radius 1 is 0.655 bits per heavy atom. The zero-order valence-corrected chi connectivity index (χ0v) is 19.5. The first kappa shape index (κ1) is 20.3. The first-order chi connectivity index (χ1) is 14.1. The molecule has 2 atom stereocenters. The Hall–Kier alpha value is -1.96. The quantitative estimate of drug-likeness (QED) is 0.373. The summed E-state index contributed by atoms with van der Waals surface area (Å²) in [5.41, 5.74) is 3.24. The van der Waals surface area contributed by atoms with Gasteiger partial charge in [-0.25, -0.2) is 8.42 Å². The lowest BCUT2D eigenvalue weighted by Gasteiger charge is -2.08. The molecule has 0 bridgehead atoms. The summed E-state index contributed by atoms with van der Waals surface area (Å²) >= 11 is -0.00688. The highest BCUT2D eigenvalue weighted by Crippen LogP contribution is 2.26. The van der Waals surface area contributed by atoms with Crippen LogP contribution in [0, 0.1) is 6.92 Å².